The highest BCUT2D eigenvalue weighted by Gasteiger charge is 2.26. The fourth-order valence-electron chi connectivity index (χ4n) is 1.87. The molecule has 0 fully saturated rings. The summed E-state index contributed by atoms with van der Waals surface area (Å²) in [5.74, 6) is 0.557. The van der Waals surface area contributed by atoms with Gasteiger partial charge in [0.25, 0.3) is 6.29 Å². The van der Waals surface area contributed by atoms with Crippen LogP contribution in [0.3, 0.4) is 0 Å². The van der Waals surface area contributed by atoms with Crippen molar-refractivity contribution in [1.29, 1.82) is 0 Å². The number of aldehydes is 1. The van der Waals surface area contributed by atoms with Crippen molar-refractivity contribution >= 4 is 6.29 Å². The number of hydrogen-bond acceptors (Lipinski definition) is 5. The Labute approximate surface area is 108 Å². The van der Waals surface area contributed by atoms with Crippen LogP contribution >= 0.6 is 0 Å². The minimum Gasteiger partial charge on any atom is -0.504 e. The molecular formula is C14H10O5. The van der Waals surface area contributed by atoms with E-state index in [2.05, 4.69) is 0 Å². The Bertz CT molecular complexity index is 650. The Balaban J connectivity index is 1.90. The standard InChI is InChI=1S/C14H10O5/c15-7-8-1-4-12-13(5-8)19-14(18-12)9-2-3-10(16)11(17)6-9/h1-7,14,16-17H/t14-/m0/s1. The lowest BCUT2D eigenvalue weighted by atomic mass is 10.2. The fourth-order valence-corrected chi connectivity index (χ4v) is 1.87. The molecule has 19 heavy (non-hydrogen) atoms. The highest BCUT2D eigenvalue weighted by atomic mass is 16.7. The van der Waals surface area contributed by atoms with E-state index in [1.54, 1.807) is 24.3 Å². The van der Waals surface area contributed by atoms with Crippen LogP contribution in [-0.2, 0) is 0 Å². The predicted octanol–water partition coefficient (Wildman–Crippen LogP) is 2.38. The van der Waals surface area contributed by atoms with Gasteiger partial charge in [0.15, 0.2) is 23.0 Å². The van der Waals surface area contributed by atoms with Crippen molar-refractivity contribution < 1.29 is 24.5 Å². The maximum absolute atomic E-state index is 10.7. The summed E-state index contributed by atoms with van der Waals surface area (Å²) in [6.07, 6.45) is 0.0204. The van der Waals surface area contributed by atoms with E-state index in [1.807, 2.05) is 0 Å². The van der Waals surface area contributed by atoms with Gasteiger partial charge in [-0.25, -0.2) is 0 Å². The van der Waals surface area contributed by atoms with Crippen LogP contribution in [0.4, 0.5) is 0 Å². The first-order valence-corrected chi connectivity index (χ1v) is 5.62. The summed E-state index contributed by atoms with van der Waals surface area (Å²) in [6.45, 7) is 0. The van der Waals surface area contributed by atoms with Crippen LogP contribution in [0, 0.1) is 0 Å². The average molecular weight is 258 g/mol. The van der Waals surface area contributed by atoms with Gasteiger partial charge in [-0.1, -0.05) is 0 Å². The number of ether oxygens (including phenoxy) is 2. The van der Waals surface area contributed by atoms with Gasteiger partial charge in [0, 0.05) is 11.1 Å². The van der Waals surface area contributed by atoms with Crippen LogP contribution in [0.25, 0.3) is 0 Å². The van der Waals surface area contributed by atoms with Crippen molar-refractivity contribution in [1.82, 2.24) is 0 Å². The molecule has 0 saturated carbocycles. The van der Waals surface area contributed by atoms with E-state index in [0.717, 1.165) is 6.29 Å². The van der Waals surface area contributed by atoms with Gasteiger partial charge in [-0.2, -0.15) is 0 Å². The summed E-state index contributed by atoms with van der Waals surface area (Å²) in [4.78, 5) is 10.7. The van der Waals surface area contributed by atoms with Gasteiger partial charge in [-0.05, 0) is 36.4 Å². The van der Waals surface area contributed by atoms with Crippen LogP contribution in [-0.4, -0.2) is 16.5 Å². The SMILES string of the molecule is O=Cc1ccc2c(c1)O[C@@H](c1ccc(O)c(O)c1)O2. The smallest absolute Gasteiger partial charge is 0.268 e. The van der Waals surface area contributed by atoms with Crippen molar-refractivity contribution in [2.45, 2.75) is 6.29 Å². The molecule has 2 N–H and O–H groups in total. The number of fused-ring (bicyclic) bond motifs is 1. The molecule has 3 rings (SSSR count). The summed E-state index contributed by atoms with van der Waals surface area (Å²) < 4.78 is 11.1. The van der Waals surface area contributed by atoms with Gasteiger partial charge in [-0.15, -0.1) is 0 Å². The Morgan fingerprint density at radius 1 is 0.947 bits per heavy atom. The molecule has 0 spiro atoms. The van der Waals surface area contributed by atoms with E-state index >= 15 is 0 Å². The molecular weight excluding hydrogens is 248 g/mol. The number of benzene rings is 2. The second-order valence-corrected chi connectivity index (χ2v) is 4.14. The van der Waals surface area contributed by atoms with Crippen LogP contribution in [0.15, 0.2) is 36.4 Å². The fraction of sp³-hybridized carbons (Fsp3) is 0.0714. The molecule has 0 amide bonds. The zero-order valence-corrected chi connectivity index (χ0v) is 9.74. The Morgan fingerprint density at radius 3 is 2.47 bits per heavy atom. The van der Waals surface area contributed by atoms with Crippen LogP contribution in [0.5, 0.6) is 23.0 Å². The molecule has 0 radical (unpaired) electrons. The monoisotopic (exact) mass is 258 g/mol. The molecule has 1 aliphatic heterocycles. The normalized spacial score (nSPS) is 16.3. The third-order valence-corrected chi connectivity index (χ3v) is 2.84. The van der Waals surface area contributed by atoms with Crippen molar-refractivity contribution in [2.24, 2.45) is 0 Å². The topological polar surface area (TPSA) is 76.0 Å². The van der Waals surface area contributed by atoms with Crippen molar-refractivity contribution in [3.8, 4) is 23.0 Å². The summed E-state index contributed by atoms with van der Waals surface area (Å²) in [5, 5.41) is 18.7. The first-order valence-electron chi connectivity index (χ1n) is 5.62. The Kier molecular flexibility index (Phi) is 2.52. The summed E-state index contributed by atoms with van der Waals surface area (Å²) in [7, 11) is 0. The molecule has 0 saturated heterocycles. The van der Waals surface area contributed by atoms with E-state index in [-0.39, 0.29) is 11.5 Å². The number of phenolic OH excluding ortho intramolecular Hbond substituents is 2. The van der Waals surface area contributed by atoms with E-state index in [0.29, 0.717) is 22.6 Å². The highest BCUT2D eigenvalue weighted by Crippen LogP contribution is 2.41. The van der Waals surface area contributed by atoms with Crippen LogP contribution < -0.4 is 9.47 Å². The van der Waals surface area contributed by atoms with Gasteiger partial charge >= 0.3 is 0 Å². The molecule has 2 aromatic rings. The lowest BCUT2D eigenvalue weighted by Gasteiger charge is -2.11. The Hall–Kier alpha value is -2.69. The molecule has 0 aliphatic carbocycles. The predicted molar refractivity (Wildman–Crippen MR) is 65.6 cm³/mol. The first-order chi connectivity index (χ1) is 9.17. The minimum absolute atomic E-state index is 0.206. The lowest BCUT2D eigenvalue weighted by molar-refractivity contribution is 0.0484. The van der Waals surface area contributed by atoms with Crippen LogP contribution in [0.1, 0.15) is 22.2 Å². The Morgan fingerprint density at radius 2 is 1.74 bits per heavy atom. The molecule has 5 heteroatoms. The molecule has 0 aromatic heterocycles. The molecule has 1 heterocycles. The summed E-state index contributed by atoms with van der Waals surface area (Å²) >= 11 is 0. The second-order valence-electron chi connectivity index (χ2n) is 4.14. The minimum atomic E-state index is -0.705. The van der Waals surface area contributed by atoms with E-state index in [4.69, 9.17) is 9.47 Å². The number of carbonyl (C=O) groups excluding carboxylic acids is 1. The lowest BCUT2D eigenvalue weighted by Crippen LogP contribution is -2.07. The number of hydrogen-bond donors (Lipinski definition) is 2. The highest BCUT2D eigenvalue weighted by molar-refractivity contribution is 5.76. The molecule has 96 valence electrons. The molecule has 0 bridgehead atoms. The number of carbonyl (C=O) groups is 1. The van der Waals surface area contributed by atoms with E-state index < -0.39 is 6.29 Å². The number of phenols is 2. The van der Waals surface area contributed by atoms with Gasteiger partial charge in [0.2, 0.25) is 0 Å². The van der Waals surface area contributed by atoms with Gasteiger partial charge in [-0.3, -0.25) is 4.79 Å². The third-order valence-electron chi connectivity index (χ3n) is 2.84. The van der Waals surface area contributed by atoms with E-state index in [1.165, 1.54) is 12.1 Å². The van der Waals surface area contributed by atoms with Gasteiger partial charge in [0.05, 0.1) is 0 Å². The number of aromatic hydroxyl groups is 2. The van der Waals surface area contributed by atoms with Crippen molar-refractivity contribution in [3.63, 3.8) is 0 Å². The quantitative estimate of drug-likeness (QED) is 0.639. The molecule has 1 atom stereocenters. The maximum Gasteiger partial charge on any atom is 0.268 e. The average Bonchev–Trinajstić information content (AvgIpc) is 2.84. The van der Waals surface area contributed by atoms with E-state index in [9.17, 15) is 15.0 Å². The van der Waals surface area contributed by atoms with Crippen LogP contribution in [0.2, 0.25) is 0 Å². The molecule has 1 aliphatic rings. The largest absolute Gasteiger partial charge is 0.504 e. The molecule has 5 nitrogen and oxygen atoms in total. The first kappa shape index (κ1) is 11.4. The second kappa shape index (κ2) is 4.20. The zero-order chi connectivity index (χ0) is 13.4. The van der Waals surface area contributed by atoms with Gasteiger partial charge in [0.1, 0.15) is 6.29 Å². The molecule has 2 aromatic carbocycles. The summed E-state index contributed by atoms with van der Waals surface area (Å²) in [5.41, 5.74) is 1.07. The third kappa shape index (κ3) is 1.95. The van der Waals surface area contributed by atoms with Crippen molar-refractivity contribution in [3.05, 3.63) is 47.5 Å². The van der Waals surface area contributed by atoms with Crippen molar-refractivity contribution in [2.75, 3.05) is 0 Å². The summed E-state index contributed by atoms with van der Waals surface area (Å²) in [6, 6.07) is 9.18. The number of rotatable bonds is 2. The maximum atomic E-state index is 10.7. The van der Waals surface area contributed by atoms with Gasteiger partial charge < -0.3 is 19.7 Å². The zero-order valence-electron chi connectivity index (χ0n) is 9.74. The molecule has 0 unspecified atom stereocenters.